The second-order valence-electron chi connectivity index (χ2n) is 7.81. The van der Waals surface area contributed by atoms with E-state index >= 15 is 0 Å². The third-order valence-corrected chi connectivity index (χ3v) is 7.45. The summed E-state index contributed by atoms with van der Waals surface area (Å²) in [5.41, 5.74) is 2.48. The zero-order chi connectivity index (χ0) is 24.3. The molecule has 0 spiro atoms. The van der Waals surface area contributed by atoms with Gasteiger partial charge in [-0.15, -0.1) is 0 Å². The molecule has 0 saturated heterocycles. The van der Waals surface area contributed by atoms with Crippen molar-refractivity contribution in [2.45, 2.75) is 44.6 Å². The van der Waals surface area contributed by atoms with Crippen molar-refractivity contribution < 1.29 is 22.4 Å². The molecule has 1 aromatic heterocycles. The van der Waals surface area contributed by atoms with Crippen molar-refractivity contribution in [1.82, 2.24) is 4.72 Å². The second-order valence-corrected chi connectivity index (χ2v) is 10.3. The lowest BCUT2D eigenvalue weighted by Gasteiger charge is -2.13. The zero-order valence-corrected chi connectivity index (χ0v) is 20.6. The fraction of sp³-hybridized carbons (Fsp3) is 0.304. The Labute approximate surface area is 201 Å². The summed E-state index contributed by atoms with van der Waals surface area (Å²) in [6, 6.07) is 9.36. The molecule has 0 bridgehead atoms. The lowest BCUT2D eigenvalue weighted by atomic mass is 9.95. The van der Waals surface area contributed by atoms with E-state index in [9.17, 15) is 18.0 Å². The highest BCUT2D eigenvalue weighted by Crippen LogP contribution is 2.29. The number of carbonyl (C=O) groups excluding carboxylic acids is 1. The van der Waals surface area contributed by atoms with Crippen molar-refractivity contribution in [1.29, 1.82) is 0 Å². The van der Waals surface area contributed by atoms with Crippen molar-refractivity contribution in [2.24, 2.45) is 0 Å². The minimum Gasteiger partial charge on any atom is -0.461 e. The van der Waals surface area contributed by atoms with Gasteiger partial charge in [0.1, 0.15) is 17.1 Å². The number of rotatable bonds is 8. The van der Waals surface area contributed by atoms with Crippen LogP contribution >= 0.6 is 23.2 Å². The summed E-state index contributed by atoms with van der Waals surface area (Å²) in [6.45, 7) is 5.70. The Morgan fingerprint density at radius 3 is 2.45 bits per heavy atom. The third-order valence-electron chi connectivity index (χ3n) is 5.04. The Morgan fingerprint density at radius 2 is 1.82 bits per heavy atom. The maximum Gasteiger partial charge on any atom is 0.336 e. The molecular weight excluding hydrogens is 489 g/mol. The monoisotopic (exact) mass is 511 g/mol. The first-order valence-corrected chi connectivity index (χ1v) is 12.4. The van der Waals surface area contributed by atoms with E-state index < -0.39 is 21.6 Å². The van der Waals surface area contributed by atoms with E-state index in [1.165, 1.54) is 24.3 Å². The Bertz CT molecular complexity index is 1350. The van der Waals surface area contributed by atoms with E-state index in [1.807, 2.05) is 13.0 Å². The number of aryl methyl sites for hydroxylation is 1. The van der Waals surface area contributed by atoms with E-state index in [-0.39, 0.29) is 40.4 Å². The minimum atomic E-state index is -4.01. The molecule has 0 unspecified atom stereocenters. The van der Waals surface area contributed by atoms with Crippen molar-refractivity contribution in [3.05, 3.63) is 73.6 Å². The van der Waals surface area contributed by atoms with Crippen LogP contribution in [0.25, 0.3) is 11.0 Å². The average molecular weight is 512 g/mol. The number of hydrogen-bond donors (Lipinski definition) is 1. The topological polar surface area (TPSA) is 103 Å². The van der Waals surface area contributed by atoms with Crippen LogP contribution in [-0.4, -0.2) is 20.9 Å². The maximum atomic E-state index is 12.5. The molecule has 0 aliphatic rings. The van der Waals surface area contributed by atoms with Crippen LogP contribution in [0, 0.1) is 6.92 Å². The lowest BCUT2D eigenvalue weighted by Crippen LogP contribution is -2.27. The summed E-state index contributed by atoms with van der Waals surface area (Å²) >= 11 is 11.9. The number of sulfonamides is 1. The van der Waals surface area contributed by atoms with Gasteiger partial charge in [-0.1, -0.05) is 43.1 Å². The molecule has 10 heteroatoms. The van der Waals surface area contributed by atoms with E-state index in [4.69, 9.17) is 32.4 Å². The first-order valence-electron chi connectivity index (χ1n) is 10.2. The summed E-state index contributed by atoms with van der Waals surface area (Å²) in [7, 11) is -4.01. The highest BCUT2D eigenvalue weighted by molar-refractivity contribution is 7.89. The van der Waals surface area contributed by atoms with Crippen molar-refractivity contribution in [2.75, 3.05) is 6.54 Å². The van der Waals surface area contributed by atoms with Crippen LogP contribution < -0.4 is 10.3 Å². The average Bonchev–Trinajstić information content (AvgIpc) is 2.70. The predicted molar refractivity (Wildman–Crippen MR) is 127 cm³/mol. The van der Waals surface area contributed by atoms with Crippen LogP contribution in [0.1, 0.15) is 42.9 Å². The van der Waals surface area contributed by atoms with Gasteiger partial charge in [0, 0.05) is 23.6 Å². The lowest BCUT2D eigenvalue weighted by molar-refractivity contribution is -0.144. The van der Waals surface area contributed by atoms with Crippen molar-refractivity contribution >= 4 is 50.2 Å². The number of nitrogens with one attached hydrogen (secondary N) is 1. The molecule has 0 saturated carbocycles. The number of esters is 1. The summed E-state index contributed by atoms with van der Waals surface area (Å²) in [4.78, 5) is 23.9. The molecule has 7 nitrogen and oxygen atoms in total. The Hall–Kier alpha value is -2.39. The van der Waals surface area contributed by atoms with Crippen LogP contribution in [0.4, 0.5) is 0 Å². The van der Waals surface area contributed by atoms with Gasteiger partial charge in [0.15, 0.2) is 0 Å². The molecule has 3 rings (SSSR count). The number of fused-ring (bicyclic) bond motifs is 1. The first kappa shape index (κ1) is 25.2. The van der Waals surface area contributed by atoms with Gasteiger partial charge < -0.3 is 9.15 Å². The minimum absolute atomic E-state index is 0.0247. The standard InChI is InChI=1S/C23H23Cl2NO6S/c1-13(2)16-11-17-15(10-22(28)32-20(17)9-14(16)3)12-31-21(27)7-8-26-33(29,30)23-18(24)5-4-6-19(23)25/h4-6,9-11,13,26H,7-8,12H2,1-3H3. The molecule has 176 valence electrons. The molecule has 0 amide bonds. The van der Waals surface area contributed by atoms with Gasteiger partial charge in [-0.25, -0.2) is 17.9 Å². The van der Waals surface area contributed by atoms with Crippen LogP contribution in [0.15, 0.2) is 50.5 Å². The van der Waals surface area contributed by atoms with Gasteiger partial charge in [-0.3, -0.25) is 4.79 Å². The van der Waals surface area contributed by atoms with Gasteiger partial charge in [0.25, 0.3) is 0 Å². The smallest absolute Gasteiger partial charge is 0.336 e. The Kier molecular flexibility index (Phi) is 7.84. The predicted octanol–water partition coefficient (Wildman–Crippen LogP) is 4.94. The van der Waals surface area contributed by atoms with Gasteiger partial charge in [0.05, 0.1) is 16.5 Å². The first-order chi connectivity index (χ1) is 15.5. The van der Waals surface area contributed by atoms with Crippen molar-refractivity contribution in [3.8, 4) is 0 Å². The van der Waals surface area contributed by atoms with E-state index in [0.29, 0.717) is 16.5 Å². The fourth-order valence-electron chi connectivity index (χ4n) is 3.46. The molecule has 0 aliphatic carbocycles. The highest BCUT2D eigenvalue weighted by Gasteiger charge is 2.21. The molecule has 0 radical (unpaired) electrons. The summed E-state index contributed by atoms with van der Waals surface area (Å²) in [6.07, 6.45) is -0.225. The number of halogens is 2. The molecule has 0 aliphatic heterocycles. The number of hydrogen-bond acceptors (Lipinski definition) is 6. The zero-order valence-electron chi connectivity index (χ0n) is 18.3. The van der Waals surface area contributed by atoms with Gasteiger partial charge in [0.2, 0.25) is 10.0 Å². The molecule has 33 heavy (non-hydrogen) atoms. The van der Waals surface area contributed by atoms with E-state index in [1.54, 1.807) is 6.07 Å². The number of carbonyl (C=O) groups is 1. The Morgan fingerprint density at radius 1 is 1.15 bits per heavy atom. The van der Waals surface area contributed by atoms with Gasteiger partial charge >= 0.3 is 11.6 Å². The normalized spacial score (nSPS) is 11.8. The van der Waals surface area contributed by atoms with Crippen LogP contribution in [0.5, 0.6) is 0 Å². The fourth-order valence-corrected chi connectivity index (χ4v) is 5.63. The second kappa shape index (κ2) is 10.3. The molecule has 2 aromatic carbocycles. The van der Waals surface area contributed by atoms with Crippen LogP contribution in [-0.2, 0) is 26.2 Å². The van der Waals surface area contributed by atoms with Crippen molar-refractivity contribution in [3.63, 3.8) is 0 Å². The third kappa shape index (κ3) is 5.95. The molecule has 1 heterocycles. The van der Waals surface area contributed by atoms with E-state index in [2.05, 4.69) is 18.6 Å². The molecule has 0 fully saturated rings. The molecular formula is C23H23Cl2NO6S. The largest absolute Gasteiger partial charge is 0.461 e. The molecule has 0 atom stereocenters. The Balaban J connectivity index is 1.68. The summed E-state index contributed by atoms with van der Waals surface area (Å²) in [5.74, 6) is -0.378. The molecule has 3 aromatic rings. The van der Waals surface area contributed by atoms with E-state index in [0.717, 1.165) is 11.1 Å². The quantitative estimate of drug-likeness (QED) is 0.339. The summed E-state index contributed by atoms with van der Waals surface area (Å²) in [5, 5.41) is 0.637. The highest BCUT2D eigenvalue weighted by atomic mass is 35.5. The van der Waals surface area contributed by atoms with Crippen LogP contribution in [0.3, 0.4) is 0 Å². The maximum absolute atomic E-state index is 12.5. The van der Waals surface area contributed by atoms with Gasteiger partial charge in [-0.05, 0) is 48.2 Å². The SMILES string of the molecule is Cc1cc2oc(=O)cc(COC(=O)CCNS(=O)(=O)c3c(Cl)cccc3Cl)c2cc1C(C)C. The number of ether oxygens (including phenoxy) is 1. The summed E-state index contributed by atoms with van der Waals surface area (Å²) < 4.78 is 37.8. The number of benzene rings is 2. The van der Waals surface area contributed by atoms with Crippen LogP contribution in [0.2, 0.25) is 10.0 Å². The van der Waals surface area contributed by atoms with Gasteiger partial charge in [-0.2, -0.15) is 0 Å². The molecule has 1 N–H and O–H groups in total.